The summed E-state index contributed by atoms with van der Waals surface area (Å²) >= 11 is 6.40. The van der Waals surface area contributed by atoms with Crippen molar-refractivity contribution in [1.29, 1.82) is 0 Å². The number of amides is 1. The molecule has 9 nitrogen and oxygen atoms in total. The highest BCUT2D eigenvalue weighted by atomic mass is 35.5. The fourth-order valence-corrected chi connectivity index (χ4v) is 8.97. The van der Waals surface area contributed by atoms with Crippen LogP contribution in [0.5, 0.6) is 5.75 Å². The number of aryl methyl sites for hydroxylation is 1. The summed E-state index contributed by atoms with van der Waals surface area (Å²) < 4.78 is 64.2. The van der Waals surface area contributed by atoms with Crippen molar-refractivity contribution >= 4 is 43.1 Å². The standard InChI is InChI=1S/C33H41ClN2O7S2/c1-44(38,39)17-15-42-30-7-3-2-4-16-45(40,41)35-32(37)24-9-13-31-29(19-24)36(20-25-8-11-27(25)30)21-33(22-43-31)14-5-6-23-18-26(34)10-12-28(23)33/h3,7,9-10,12-13,18-19,25,27,30H,2,4-6,8,11,14-17,20-22H2,1H3,(H,35,37)/b7-3+/t25-,27+,30+,33-/m0/s1. The molecule has 244 valence electrons. The van der Waals surface area contributed by atoms with Crippen LogP contribution in [0.25, 0.3) is 0 Å². The molecule has 45 heavy (non-hydrogen) atoms. The molecule has 0 unspecified atom stereocenters. The van der Waals surface area contributed by atoms with Crippen molar-refractivity contribution in [2.45, 2.75) is 56.5 Å². The Morgan fingerprint density at radius 1 is 1.16 bits per heavy atom. The van der Waals surface area contributed by atoms with Gasteiger partial charge in [0.05, 0.1) is 36.5 Å². The van der Waals surface area contributed by atoms with Gasteiger partial charge in [-0.3, -0.25) is 4.79 Å². The quantitative estimate of drug-likeness (QED) is 0.464. The predicted molar refractivity (Wildman–Crippen MR) is 176 cm³/mol. The molecule has 2 aromatic carbocycles. The minimum Gasteiger partial charge on any atom is -0.490 e. The van der Waals surface area contributed by atoms with Gasteiger partial charge in [0, 0.05) is 35.3 Å². The second kappa shape index (κ2) is 12.9. The number of sulfonamides is 1. The molecule has 1 amide bonds. The number of allylic oxidation sites excluding steroid dienone is 1. The number of carbonyl (C=O) groups excluding carboxylic acids is 1. The third kappa shape index (κ3) is 7.37. The Balaban J connectivity index is 1.38. The Labute approximate surface area is 271 Å². The first kappa shape index (κ1) is 32.3. The van der Waals surface area contributed by atoms with E-state index in [2.05, 4.69) is 21.8 Å². The Morgan fingerprint density at radius 2 is 2.00 bits per heavy atom. The largest absolute Gasteiger partial charge is 0.490 e. The van der Waals surface area contributed by atoms with Crippen LogP contribution in [0, 0.1) is 11.8 Å². The van der Waals surface area contributed by atoms with Crippen molar-refractivity contribution in [3.8, 4) is 5.75 Å². The maximum Gasteiger partial charge on any atom is 0.264 e. The molecule has 0 radical (unpaired) electrons. The summed E-state index contributed by atoms with van der Waals surface area (Å²) in [6, 6.07) is 11.3. The molecule has 2 aliphatic carbocycles. The maximum absolute atomic E-state index is 13.2. The molecular formula is C33H41ClN2O7S2. The van der Waals surface area contributed by atoms with E-state index >= 15 is 0 Å². The van der Waals surface area contributed by atoms with Gasteiger partial charge in [0.2, 0.25) is 10.0 Å². The lowest BCUT2D eigenvalue weighted by molar-refractivity contribution is -0.00783. The van der Waals surface area contributed by atoms with Crippen LogP contribution in [0.4, 0.5) is 5.69 Å². The van der Waals surface area contributed by atoms with Gasteiger partial charge in [0.1, 0.15) is 15.6 Å². The molecular weight excluding hydrogens is 636 g/mol. The van der Waals surface area contributed by atoms with Crippen molar-refractivity contribution in [3.63, 3.8) is 0 Å². The average molecular weight is 677 g/mol. The number of fused-ring (bicyclic) bond motifs is 4. The van der Waals surface area contributed by atoms with Crippen molar-refractivity contribution < 1.29 is 31.1 Å². The number of rotatable bonds is 4. The number of hydrogen-bond donors (Lipinski definition) is 1. The number of carbonyl (C=O) groups is 1. The molecule has 1 fully saturated rings. The second-order valence-corrected chi connectivity index (χ2v) is 17.6. The number of halogens is 1. The van der Waals surface area contributed by atoms with Gasteiger partial charge in [-0.05, 0) is 98.2 Å². The zero-order valence-electron chi connectivity index (χ0n) is 25.5. The maximum atomic E-state index is 13.2. The average Bonchev–Trinajstić information content (AvgIpc) is 3.10. The van der Waals surface area contributed by atoms with Gasteiger partial charge in [-0.1, -0.05) is 29.8 Å². The number of nitrogens with zero attached hydrogens (tertiary/aromatic N) is 1. The SMILES string of the molecule is CS(=O)(=O)CCO[C@@H]1/C=C/CCCS(=O)(=O)NC(=O)c2ccc3c(c2)N(C[C@@H]2CC[C@H]21)C[C@@]1(CCCc2cc(Cl)ccc21)CO3. The zero-order chi connectivity index (χ0) is 31.8. The van der Waals surface area contributed by atoms with Gasteiger partial charge >= 0.3 is 0 Å². The molecule has 1 saturated carbocycles. The Bertz CT molecular complexity index is 1690. The van der Waals surface area contributed by atoms with E-state index in [4.69, 9.17) is 21.1 Å². The lowest BCUT2D eigenvalue weighted by atomic mass is 9.68. The van der Waals surface area contributed by atoms with Gasteiger partial charge in [0.15, 0.2) is 0 Å². The summed E-state index contributed by atoms with van der Waals surface area (Å²) in [4.78, 5) is 15.5. The Hall–Kier alpha value is -2.60. The summed E-state index contributed by atoms with van der Waals surface area (Å²) in [5, 5.41) is 0.714. The van der Waals surface area contributed by atoms with E-state index in [9.17, 15) is 21.6 Å². The summed E-state index contributed by atoms with van der Waals surface area (Å²) in [7, 11) is -7.03. The van der Waals surface area contributed by atoms with E-state index in [-0.39, 0.29) is 47.0 Å². The van der Waals surface area contributed by atoms with Crippen molar-refractivity contribution in [1.82, 2.24) is 4.72 Å². The first-order valence-corrected chi connectivity index (χ1v) is 19.8. The highest BCUT2D eigenvalue weighted by Gasteiger charge is 2.44. The smallest absolute Gasteiger partial charge is 0.264 e. The minimum absolute atomic E-state index is 0.0573. The van der Waals surface area contributed by atoms with E-state index in [0.717, 1.165) is 37.8 Å². The van der Waals surface area contributed by atoms with Crippen LogP contribution in [0.15, 0.2) is 48.6 Å². The fraction of sp³-hybridized carbons (Fsp3) is 0.545. The summed E-state index contributed by atoms with van der Waals surface area (Å²) in [6.45, 7) is 1.92. The van der Waals surface area contributed by atoms with Crippen LogP contribution in [0.2, 0.25) is 5.02 Å². The van der Waals surface area contributed by atoms with Crippen molar-refractivity contribution in [2.75, 3.05) is 49.0 Å². The molecule has 2 aliphatic heterocycles. The van der Waals surface area contributed by atoms with Gasteiger partial charge in [0.25, 0.3) is 5.91 Å². The molecule has 6 rings (SSSR count). The normalized spacial score (nSPS) is 28.9. The Morgan fingerprint density at radius 3 is 2.78 bits per heavy atom. The molecule has 2 bridgehead atoms. The van der Waals surface area contributed by atoms with E-state index in [1.165, 1.54) is 17.4 Å². The van der Waals surface area contributed by atoms with E-state index in [1.54, 1.807) is 18.2 Å². The highest BCUT2D eigenvalue weighted by Crippen LogP contribution is 2.47. The number of anilines is 1. The van der Waals surface area contributed by atoms with Crippen molar-refractivity contribution in [3.05, 3.63) is 70.3 Å². The number of sulfone groups is 1. The molecule has 2 aromatic rings. The molecule has 2 heterocycles. The molecule has 4 aliphatic rings. The summed E-state index contributed by atoms with van der Waals surface area (Å²) in [5.74, 6) is 0.187. The van der Waals surface area contributed by atoms with Crippen LogP contribution in [-0.2, 0) is 36.4 Å². The van der Waals surface area contributed by atoms with Gasteiger partial charge < -0.3 is 14.4 Å². The Kier molecular flexibility index (Phi) is 9.27. The highest BCUT2D eigenvalue weighted by molar-refractivity contribution is 7.90. The van der Waals surface area contributed by atoms with Crippen LogP contribution in [-0.4, -0.2) is 72.9 Å². The van der Waals surface area contributed by atoms with Crippen LogP contribution >= 0.6 is 11.6 Å². The second-order valence-electron chi connectivity index (χ2n) is 13.1. The minimum atomic E-state index is -3.85. The lowest BCUT2D eigenvalue weighted by Gasteiger charge is -2.46. The van der Waals surface area contributed by atoms with Crippen molar-refractivity contribution in [2.24, 2.45) is 11.8 Å². The predicted octanol–water partition coefficient (Wildman–Crippen LogP) is 4.68. The summed E-state index contributed by atoms with van der Waals surface area (Å²) in [6.07, 6.45) is 10.5. The first-order chi connectivity index (χ1) is 21.4. The molecule has 1 spiro atoms. The topological polar surface area (TPSA) is 119 Å². The van der Waals surface area contributed by atoms with Crippen LogP contribution < -0.4 is 14.4 Å². The fourth-order valence-electron chi connectivity index (χ4n) is 7.32. The van der Waals surface area contributed by atoms with Gasteiger partial charge in [-0.2, -0.15) is 0 Å². The van der Waals surface area contributed by atoms with E-state index < -0.39 is 25.8 Å². The third-order valence-corrected chi connectivity index (χ3v) is 12.2. The van der Waals surface area contributed by atoms with E-state index in [1.807, 2.05) is 18.2 Å². The van der Waals surface area contributed by atoms with Crippen LogP contribution in [0.1, 0.15) is 60.0 Å². The monoisotopic (exact) mass is 676 g/mol. The molecule has 0 saturated heterocycles. The number of ether oxygens (including phenoxy) is 2. The molecule has 12 heteroatoms. The third-order valence-electron chi connectivity index (χ3n) is 9.77. The number of nitrogens with one attached hydrogen (secondary N) is 1. The molecule has 0 aromatic heterocycles. The number of benzene rings is 2. The molecule has 1 N–H and O–H groups in total. The lowest BCUT2D eigenvalue weighted by Crippen LogP contribution is -2.49. The summed E-state index contributed by atoms with van der Waals surface area (Å²) in [5.41, 5.74) is 3.19. The first-order valence-electron chi connectivity index (χ1n) is 15.7. The van der Waals surface area contributed by atoms with E-state index in [0.29, 0.717) is 43.3 Å². The van der Waals surface area contributed by atoms with Crippen LogP contribution in [0.3, 0.4) is 0 Å². The zero-order valence-corrected chi connectivity index (χ0v) is 27.9. The molecule has 4 atom stereocenters. The van der Waals surface area contributed by atoms with Gasteiger partial charge in [-0.25, -0.2) is 21.6 Å². The van der Waals surface area contributed by atoms with Gasteiger partial charge in [-0.15, -0.1) is 0 Å². The number of hydrogen-bond acceptors (Lipinski definition) is 8.